The molecule has 1 atom stereocenters. The highest BCUT2D eigenvalue weighted by molar-refractivity contribution is 5.54. The fraction of sp³-hybridized carbons (Fsp3) is 0.467. The van der Waals surface area contributed by atoms with Gasteiger partial charge in [0.05, 0.1) is 11.8 Å². The molecule has 5 heterocycles. The van der Waals surface area contributed by atoms with Gasteiger partial charge < -0.3 is 9.15 Å². The van der Waals surface area contributed by atoms with Crippen molar-refractivity contribution in [2.24, 2.45) is 5.92 Å². The van der Waals surface area contributed by atoms with Crippen molar-refractivity contribution in [2.75, 3.05) is 19.6 Å². The predicted molar refractivity (Wildman–Crippen MR) is 73.3 cm³/mol. The number of piperidine rings is 3. The van der Waals surface area contributed by atoms with E-state index in [-0.39, 0.29) is 6.10 Å². The number of nitrogens with zero attached hydrogens (tertiary/aromatic N) is 3. The van der Waals surface area contributed by atoms with Crippen molar-refractivity contribution in [3.8, 4) is 17.3 Å². The third kappa shape index (κ3) is 2.18. The molecule has 5 heteroatoms. The van der Waals surface area contributed by atoms with Crippen molar-refractivity contribution in [3.63, 3.8) is 0 Å². The van der Waals surface area contributed by atoms with E-state index in [1.54, 1.807) is 18.7 Å². The normalized spacial score (nSPS) is 28.5. The first-order valence-corrected chi connectivity index (χ1v) is 7.13. The molecule has 0 spiro atoms. The second kappa shape index (κ2) is 4.90. The third-order valence-corrected chi connectivity index (χ3v) is 4.29. The van der Waals surface area contributed by atoms with Gasteiger partial charge in [-0.05, 0) is 44.0 Å². The third-order valence-electron chi connectivity index (χ3n) is 4.29. The second-order valence-electron chi connectivity index (χ2n) is 5.53. The minimum absolute atomic E-state index is 0.243. The molecule has 3 aliphatic heterocycles. The van der Waals surface area contributed by atoms with Crippen molar-refractivity contribution in [2.45, 2.75) is 18.9 Å². The first-order chi connectivity index (χ1) is 9.88. The molecule has 0 radical (unpaired) electrons. The summed E-state index contributed by atoms with van der Waals surface area (Å²) in [5.74, 6) is 1.44. The number of rotatable bonds is 3. The van der Waals surface area contributed by atoms with E-state index in [0.29, 0.717) is 11.9 Å². The van der Waals surface area contributed by atoms with Crippen LogP contribution < -0.4 is 4.74 Å². The van der Waals surface area contributed by atoms with Gasteiger partial charge in [0.15, 0.2) is 0 Å². The van der Waals surface area contributed by atoms with E-state index in [2.05, 4.69) is 14.9 Å². The van der Waals surface area contributed by atoms with E-state index in [1.165, 1.54) is 25.9 Å². The van der Waals surface area contributed by atoms with Gasteiger partial charge in [-0.15, -0.1) is 0 Å². The molecule has 0 aliphatic carbocycles. The smallest absolute Gasteiger partial charge is 0.316 e. The maximum Gasteiger partial charge on any atom is 0.316 e. The molecule has 20 heavy (non-hydrogen) atoms. The number of hydrogen-bond acceptors (Lipinski definition) is 5. The summed E-state index contributed by atoms with van der Waals surface area (Å²) in [5.41, 5.74) is 0.872. The molecule has 0 aromatic carbocycles. The van der Waals surface area contributed by atoms with Crippen LogP contribution in [0.3, 0.4) is 0 Å². The summed E-state index contributed by atoms with van der Waals surface area (Å²) < 4.78 is 11.3. The highest BCUT2D eigenvalue weighted by atomic mass is 16.5. The van der Waals surface area contributed by atoms with Crippen LogP contribution in [0.2, 0.25) is 0 Å². The fourth-order valence-corrected chi connectivity index (χ4v) is 3.13. The van der Waals surface area contributed by atoms with Crippen molar-refractivity contribution in [3.05, 3.63) is 30.8 Å². The molecule has 2 aromatic heterocycles. The molecule has 5 nitrogen and oxygen atoms in total. The lowest BCUT2D eigenvalue weighted by molar-refractivity contribution is -0.0123. The van der Waals surface area contributed by atoms with Gasteiger partial charge in [0.1, 0.15) is 11.9 Å². The topological polar surface area (TPSA) is 51.4 Å². The van der Waals surface area contributed by atoms with Gasteiger partial charge in [-0.1, -0.05) is 0 Å². The second-order valence-corrected chi connectivity index (χ2v) is 5.53. The van der Waals surface area contributed by atoms with Gasteiger partial charge in [0, 0.05) is 18.9 Å². The van der Waals surface area contributed by atoms with E-state index in [4.69, 9.17) is 9.15 Å². The minimum Gasteiger partial charge on any atom is -0.464 e. The number of ether oxygens (including phenoxy) is 1. The molecule has 2 bridgehead atoms. The predicted octanol–water partition coefficient (Wildman–Crippen LogP) is 2.21. The Morgan fingerprint density at radius 3 is 2.60 bits per heavy atom. The quantitative estimate of drug-likeness (QED) is 0.856. The Balaban J connectivity index is 1.47. The van der Waals surface area contributed by atoms with Crippen molar-refractivity contribution in [1.29, 1.82) is 0 Å². The maximum atomic E-state index is 5.97. The Bertz CT molecular complexity index is 559. The highest BCUT2D eigenvalue weighted by Gasteiger charge is 2.35. The maximum absolute atomic E-state index is 5.97. The van der Waals surface area contributed by atoms with E-state index >= 15 is 0 Å². The summed E-state index contributed by atoms with van der Waals surface area (Å²) in [6, 6.07) is 4.22. The number of hydrogen-bond donors (Lipinski definition) is 0. The van der Waals surface area contributed by atoms with Crippen LogP contribution >= 0.6 is 0 Å². The van der Waals surface area contributed by atoms with Gasteiger partial charge in [0.2, 0.25) is 0 Å². The summed E-state index contributed by atoms with van der Waals surface area (Å²) in [4.78, 5) is 11.1. The zero-order valence-corrected chi connectivity index (χ0v) is 11.2. The average molecular weight is 271 g/mol. The largest absolute Gasteiger partial charge is 0.464 e. The van der Waals surface area contributed by atoms with Gasteiger partial charge in [-0.25, -0.2) is 9.97 Å². The molecule has 3 saturated heterocycles. The fourth-order valence-electron chi connectivity index (χ4n) is 3.13. The highest BCUT2D eigenvalue weighted by Crippen LogP contribution is 2.30. The Labute approximate surface area is 117 Å². The molecule has 2 aromatic rings. The number of fused-ring (bicyclic) bond motifs is 3. The van der Waals surface area contributed by atoms with E-state index in [9.17, 15) is 0 Å². The average Bonchev–Trinajstić information content (AvgIpc) is 3.04. The van der Waals surface area contributed by atoms with Crippen molar-refractivity contribution < 1.29 is 9.15 Å². The standard InChI is InChI=1S/C15H17N3O2/c1-2-13(19-7-1)12-8-16-15(17-9-12)20-14-10-18-5-3-11(14)4-6-18/h1-2,7-9,11,14H,3-6,10H2/t14-/m0/s1. The SMILES string of the molecule is c1coc(-c2cnc(O[C@H]3CN4CCC3CC4)nc2)c1. The molecule has 5 rings (SSSR count). The first-order valence-electron chi connectivity index (χ1n) is 7.13. The lowest BCUT2D eigenvalue weighted by Gasteiger charge is -2.43. The van der Waals surface area contributed by atoms with Gasteiger partial charge in [-0.3, -0.25) is 4.90 Å². The van der Waals surface area contributed by atoms with Crippen LogP contribution in [0.4, 0.5) is 0 Å². The molecule has 104 valence electrons. The van der Waals surface area contributed by atoms with Crippen LogP contribution in [0.1, 0.15) is 12.8 Å². The van der Waals surface area contributed by atoms with E-state index < -0.39 is 0 Å². The van der Waals surface area contributed by atoms with Crippen LogP contribution in [-0.4, -0.2) is 40.6 Å². The van der Waals surface area contributed by atoms with Crippen LogP contribution in [0, 0.1) is 5.92 Å². The Morgan fingerprint density at radius 1 is 1.20 bits per heavy atom. The van der Waals surface area contributed by atoms with Gasteiger partial charge in [-0.2, -0.15) is 0 Å². The summed E-state index contributed by atoms with van der Waals surface area (Å²) in [5, 5.41) is 0. The molecule has 3 fully saturated rings. The van der Waals surface area contributed by atoms with Gasteiger partial charge in [0.25, 0.3) is 0 Å². The Morgan fingerprint density at radius 2 is 2.00 bits per heavy atom. The molecular formula is C15H17N3O2. The first kappa shape index (κ1) is 11.9. The van der Waals surface area contributed by atoms with E-state index in [0.717, 1.165) is 17.9 Å². The lowest BCUT2D eigenvalue weighted by Crippen LogP contribution is -2.52. The van der Waals surface area contributed by atoms with E-state index in [1.807, 2.05) is 12.1 Å². The van der Waals surface area contributed by atoms with Crippen LogP contribution in [0.15, 0.2) is 35.2 Å². The number of furan rings is 1. The van der Waals surface area contributed by atoms with Crippen molar-refractivity contribution >= 4 is 0 Å². The molecule has 0 unspecified atom stereocenters. The summed E-state index contributed by atoms with van der Waals surface area (Å²) >= 11 is 0. The van der Waals surface area contributed by atoms with Crippen molar-refractivity contribution in [1.82, 2.24) is 14.9 Å². The molecular weight excluding hydrogens is 254 g/mol. The van der Waals surface area contributed by atoms with Crippen LogP contribution in [0.5, 0.6) is 6.01 Å². The minimum atomic E-state index is 0.243. The zero-order valence-electron chi connectivity index (χ0n) is 11.2. The summed E-state index contributed by atoms with van der Waals surface area (Å²) in [6.07, 6.45) is 7.86. The molecule has 0 amide bonds. The summed E-state index contributed by atoms with van der Waals surface area (Å²) in [6.45, 7) is 3.43. The zero-order chi connectivity index (χ0) is 13.4. The number of aromatic nitrogens is 2. The monoisotopic (exact) mass is 271 g/mol. The summed E-state index contributed by atoms with van der Waals surface area (Å²) in [7, 11) is 0. The van der Waals surface area contributed by atoms with Crippen LogP contribution in [0.25, 0.3) is 11.3 Å². The Hall–Kier alpha value is -1.88. The Kier molecular flexibility index (Phi) is 2.92. The van der Waals surface area contributed by atoms with Gasteiger partial charge >= 0.3 is 6.01 Å². The molecule has 3 aliphatic rings. The van der Waals surface area contributed by atoms with Crippen LogP contribution in [-0.2, 0) is 0 Å². The molecule has 0 N–H and O–H groups in total. The lowest BCUT2D eigenvalue weighted by atomic mass is 9.86. The molecule has 0 saturated carbocycles.